The lowest BCUT2D eigenvalue weighted by molar-refractivity contribution is 0.160. The van der Waals surface area contributed by atoms with E-state index in [0.29, 0.717) is 54.2 Å². The number of likely N-dealkylation sites (tertiary alicyclic amines) is 1. The molecule has 4 heterocycles. The summed E-state index contributed by atoms with van der Waals surface area (Å²) in [6.45, 7) is 1.01. The Morgan fingerprint density at radius 1 is 1.11 bits per heavy atom. The van der Waals surface area contributed by atoms with Crippen LogP contribution in [0.3, 0.4) is 0 Å². The van der Waals surface area contributed by atoms with Crippen molar-refractivity contribution < 1.29 is 28.6 Å². The summed E-state index contributed by atoms with van der Waals surface area (Å²) in [5, 5.41) is 23.4. The van der Waals surface area contributed by atoms with Crippen LogP contribution in [0.5, 0.6) is 11.5 Å². The number of aliphatic hydroxyl groups is 2. The number of ether oxygens (including phenoxy) is 2. The number of benzene rings is 1. The molecule has 0 bridgehead atoms. The molecule has 2 aromatic heterocycles. The topological polar surface area (TPSA) is 114 Å². The highest BCUT2D eigenvalue weighted by Crippen LogP contribution is 2.37. The number of hydrogen-bond acceptors (Lipinski definition) is 9. The molecule has 2 aliphatic rings. The van der Waals surface area contributed by atoms with Gasteiger partial charge in [-0.05, 0) is 36.8 Å². The predicted octanol–water partition coefficient (Wildman–Crippen LogP) is 1.86. The maximum absolute atomic E-state index is 10.2. The van der Waals surface area contributed by atoms with Crippen molar-refractivity contribution in [3.8, 4) is 22.9 Å². The third kappa shape index (κ3) is 3.13. The summed E-state index contributed by atoms with van der Waals surface area (Å²) in [6, 6.07) is 8.82. The fourth-order valence-corrected chi connectivity index (χ4v) is 3.63. The van der Waals surface area contributed by atoms with Gasteiger partial charge in [0.25, 0.3) is 0 Å². The Kier molecular flexibility index (Phi) is 4.27. The quantitative estimate of drug-likeness (QED) is 0.679. The number of aromatic nitrogens is 2. The standard InChI is InChI=1S/C19H19N3O6/c23-9-14-3-2-13(27-14)8-22-7-12(24)6-15(22)19-20-18(21-28-19)11-1-4-16-17(5-11)26-10-25-16/h1-5,12,15,23-24H,6-10H2/t12-,15-/m1/s1. The molecule has 1 aromatic carbocycles. The van der Waals surface area contributed by atoms with Gasteiger partial charge < -0.3 is 28.6 Å². The van der Waals surface area contributed by atoms with Crippen LogP contribution in [0.4, 0.5) is 0 Å². The monoisotopic (exact) mass is 385 g/mol. The van der Waals surface area contributed by atoms with Gasteiger partial charge in [0.15, 0.2) is 11.5 Å². The smallest absolute Gasteiger partial charge is 0.244 e. The van der Waals surface area contributed by atoms with Crippen LogP contribution >= 0.6 is 0 Å². The molecule has 0 spiro atoms. The Bertz CT molecular complexity index is 984. The molecular formula is C19H19N3O6. The van der Waals surface area contributed by atoms with Gasteiger partial charge in [-0.15, -0.1) is 0 Å². The molecule has 9 heteroatoms. The van der Waals surface area contributed by atoms with Crippen molar-refractivity contribution in [3.63, 3.8) is 0 Å². The maximum atomic E-state index is 10.2. The molecular weight excluding hydrogens is 366 g/mol. The molecule has 0 radical (unpaired) electrons. The molecule has 0 aliphatic carbocycles. The van der Waals surface area contributed by atoms with Crippen LogP contribution in [-0.2, 0) is 13.2 Å². The molecule has 1 saturated heterocycles. The number of hydrogen-bond donors (Lipinski definition) is 2. The van der Waals surface area contributed by atoms with Crippen molar-refractivity contribution in [2.45, 2.75) is 31.7 Å². The second-order valence-corrected chi connectivity index (χ2v) is 6.89. The van der Waals surface area contributed by atoms with Crippen LogP contribution in [0.25, 0.3) is 11.4 Å². The molecule has 146 valence electrons. The van der Waals surface area contributed by atoms with Gasteiger partial charge in [0, 0.05) is 12.1 Å². The summed E-state index contributed by atoms with van der Waals surface area (Å²) >= 11 is 0. The first-order valence-electron chi connectivity index (χ1n) is 9.04. The zero-order valence-corrected chi connectivity index (χ0v) is 14.9. The molecule has 0 unspecified atom stereocenters. The van der Waals surface area contributed by atoms with Gasteiger partial charge in [-0.25, -0.2) is 0 Å². The van der Waals surface area contributed by atoms with Crippen LogP contribution in [-0.4, -0.2) is 44.7 Å². The normalized spacial score (nSPS) is 21.5. The summed E-state index contributed by atoms with van der Waals surface area (Å²) in [6.07, 6.45) is 0.00856. The average Bonchev–Trinajstić information content (AvgIpc) is 3.48. The first-order valence-corrected chi connectivity index (χ1v) is 9.04. The zero-order chi connectivity index (χ0) is 19.1. The van der Waals surface area contributed by atoms with E-state index in [0.717, 1.165) is 5.56 Å². The van der Waals surface area contributed by atoms with E-state index in [1.54, 1.807) is 6.07 Å². The largest absolute Gasteiger partial charge is 0.462 e. The number of rotatable bonds is 5. The fraction of sp³-hybridized carbons (Fsp3) is 0.368. The van der Waals surface area contributed by atoms with E-state index in [4.69, 9.17) is 23.5 Å². The van der Waals surface area contributed by atoms with Gasteiger partial charge >= 0.3 is 0 Å². The van der Waals surface area contributed by atoms with Crippen molar-refractivity contribution in [1.82, 2.24) is 15.0 Å². The van der Waals surface area contributed by atoms with Gasteiger partial charge in [0.05, 0.1) is 18.7 Å². The third-order valence-corrected chi connectivity index (χ3v) is 4.97. The summed E-state index contributed by atoms with van der Waals surface area (Å²) in [5.74, 6) is 3.46. The molecule has 2 aliphatic heterocycles. The van der Waals surface area contributed by atoms with E-state index >= 15 is 0 Å². The van der Waals surface area contributed by atoms with Crippen LogP contribution in [0.2, 0.25) is 0 Å². The Hall–Kier alpha value is -2.88. The summed E-state index contributed by atoms with van der Waals surface area (Å²) in [5.41, 5.74) is 0.767. The number of nitrogens with zero attached hydrogens (tertiary/aromatic N) is 3. The van der Waals surface area contributed by atoms with E-state index in [-0.39, 0.29) is 19.4 Å². The van der Waals surface area contributed by atoms with E-state index in [2.05, 4.69) is 10.1 Å². The molecule has 3 aromatic rings. The van der Waals surface area contributed by atoms with Crippen LogP contribution in [0, 0.1) is 0 Å². The summed E-state index contributed by atoms with van der Waals surface area (Å²) in [4.78, 5) is 6.57. The molecule has 0 amide bonds. The van der Waals surface area contributed by atoms with Crippen molar-refractivity contribution in [2.75, 3.05) is 13.3 Å². The number of aliphatic hydroxyl groups excluding tert-OH is 2. The van der Waals surface area contributed by atoms with Gasteiger partial charge in [-0.1, -0.05) is 5.16 Å². The van der Waals surface area contributed by atoms with Crippen molar-refractivity contribution in [2.24, 2.45) is 0 Å². The van der Waals surface area contributed by atoms with Gasteiger partial charge in [0.2, 0.25) is 18.5 Å². The van der Waals surface area contributed by atoms with Crippen LogP contribution in [0.15, 0.2) is 39.3 Å². The first kappa shape index (κ1) is 17.2. The minimum Gasteiger partial charge on any atom is -0.462 e. The second-order valence-electron chi connectivity index (χ2n) is 6.89. The Morgan fingerprint density at radius 2 is 1.96 bits per heavy atom. The molecule has 1 fully saturated rings. The number of fused-ring (bicyclic) bond motifs is 1. The Labute approximate surface area is 160 Å². The number of furan rings is 1. The first-order chi connectivity index (χ1) is 13.7. The molecule has 2 N–H and O–H groups in total. The number of β-amino-alcohol motifs (C(OH)–C–C–N with tert-alkyl or cyclic N) is 1. The van der Waals surface area contributed by atoms with Crippen molar-refractivity contribution >= 4 is 0 Å². The van der Waals surface area contributed by atoms with E-state index in [1.807, 2.05) is 29.2 Å². The van der Waals surface area contributed by atoms with E-state index < -0.39 is 6.10 Å². The fourth-order valence-electron chi connectivity index (χ4n) is 3.63. The average molecular weight is 385 g/mol. The van der Waals surface area contributed by atoms with Gasteiger partial charge in [-0.3, -0.25) is 4.90 Å². The minimum absolute atomic E-state index is 0.144. The minimum atomic E-state index is -0.488. The molecule has 2 atom stereocenters. The lowest BCUT2D eigenvalue weighted by Gasteiger charge is -2.19. The molecule has 5 rings (SSSR count). The highest BCUT2D eigenvalue weighted by molar-refractivity contribution is 5.61. The van der Waals surface area contributed by atoms with E-state index in [9.17, 15) is 5.11 Å². The van der Waals surface area contributed by atoms with Gasteiger partial charge in [-0.2, -0.15) is 4.98 Å². The SMILES string of the molecule is OCc1ccc(CN2C[C@H](O)C[C@@H]2c2nc(-c3ccc4c(c3)OCO4)no2)o1. The Balaban J connectivity index is 1.37. The predicted molar refractivity (Wildman–Crippen MR) is 94.3 cm³/mol. The lowest BCUT2D eigenvalue weighted by atomic mass is 10.2. The zero-order valence-electron chi connectivity index (χ0n) is 14.9. The van der Waals surface area contributed by atoms with E-state index in [1.165, 1.54) is 0 Å². The second kappa shape index (κ2) is 6.93. The highest BCUT2D eigenvalue weighted by Gasteiger charge is 2.36. The Morgan fingerprint density at radius 3 is 2.82 bits per heavy atom. The van der Waals surface area contributed by atoms with Gasteiger partial charge in [0.1, 0.15) is 18.1 Å². The highest BCUT2D eigenvalue weighted by atomic mass is 16.7. The van der Waals surface area contributed by atoms with Crippen molar-refractivity contribution in [3.05, 3.63) is 47.7 Å². The summed E-state index contributed by atoms with van der Waals surface area (Å²) in [7, 11) is 0. The lowest BCUT2D eigenvalue weighted by Crippen LogP contribution is -2.24. The maximum Gasteiger partial charge on any atom is 0.244 e. The van der Waals surface area contributed by atoms with Crippen LogP contribution < -0.4 is 9.47 Å². The third-order valence-electron chi connectivity index (χ3n) is 4.97. The summed E-state index contributed by atoms with van der Waals surface area (Å²) < 4.78 is 21.8. The van der Waals surface area contributed by atoms with Crippen LogP contribution in [0.1, 0.15) is 29.9 Å². The van der Waals surface area contributed by atoms with Crippen molar-refractivity contribution in [1.29, 1.82) is 0 Å². The molecule has 0 saturated carbocycles. The molecule has 28 heavy (non-hydrogen) atoms. The molecule has 9 nitrogen and oxygen atoms in total.